The lowest BCUT2D eigenvalue weighted by molar-refractivity contribution is 1.13. The van der Waals surface area contributed by atoms with Crippen LogP contribution >= 0.6 is 0 Å². The van der Waals surface area contributed by atoms with Crippen LogP contribution in [0.1, 0.15) is 0 Å². The minimum Gasteiger partial charge on any atom is -0.309 e. The summed E-state index contributed by atoms with van der Waals surface area (Å²) in [4.78, 5) is 0. The topological polar surface area (TPSA) is 14.8 Å². The summed E-state index contributed by atoms with van der Waals surface area (Å²) in [6.45, 7) is 0. The Labute approximate surface area is 372 Å². The summed E-state index contributed by atoms with van der Waals surface area (Å²) in [5.41, 5.74) is 10.6. The molecule has 300 valence electrons. The van der Waals surface area contributed by atoms with Crippen LogP contribution in [-0.4, -0.2) is 21.8 Å². The molecular weight excluding hydrogens is 791 g/mol. The van der Waals surface area contributed by atoms with Crippen LogP contribution in [0.5, 0.6) is 0 Å². The van der Waals surface area contributed by atoms with E-state index in [-0.39, 0.29) is 0 Å². The molecular formula is C60H41N3Si. The molecule has 0 saturated heterocycles. The molecule has 0 spiro atoms. The third-order valence-electron chi connectivity index (χ3n) is 13.6. The van der Waals surface area contributed by atoms with E-state index in [1.807, 2.05) is 0 Å². The van der Waals surface area contributed by atoms with Crippen molar-refractivity contribution in [1.82, 2.24) is 13.7 Å². The second-order valence-electron chi connectivity index (χ2n) is 16.8. The summed E-state index contributed by atoms with van der Waals surface area (Å²) in [5.74, 6) is 0. The number of rotatable bonds is 7. The molecule has 0 amide bonds. The van der Waals surface area contributed by atoms with E-state index in [2.05, 4.69) is 262 Å². The van der Waals surface area contributed by atoms with E-state index in [0.717, 1.165) is 17.1 Å². The maximum Gasteiger partial charge on any atom is 0.181 e. The lowest BCUT2D eigenvalue weighted by Gasteiger charge is -2.35. The van der Waals surface area contributed by atoms with Gasteiger partial charge in [-0.25, -0.2) is 0 Å². The molecule has 0 fully saturated rings. The first kappa shape index (κ1) is 36.5. The van der Waals surface area contributed by atoms with Crippen molar-refractivity contribution in [2.45, 2.75) is 0 Å². The van der Waals surface area contributed by atoms with E-state index in [0.29, 0.717) is 0 Å². The predicted octanol–water partition coefficient (Wildman–Crippen LogP) is 12.4. The van der Waals surface area contributed by atoms with Gasteiger partial charge < -0.3 is 13.7 Å². The third-order valence-corrected chi connectivity index (χ3v) is 18.4. The molecule has 13 aromatic rings. The SMILES string of the molecule is c1ccc(-n2c3ccccc3c3cccc(-n4c5ccc(-n6c7ccccc7c7ccccc76)cc5c5cccc([Si](c6ccccc6)(c6ccccc6)c6ccccc6)c54)c32)cc1. The Hall–Kier alpha value is -8.18. The van der Waals surface area contributed by atoms with Gasteiger partial charge in [-0.1, -0.05) is 194 Å². The molecule has 3 aromatic heterocycles. The Morgan fingerprint density at radius 3 is 1.23 bits per heavy atom. The van der Waals surface area contributed by atoms with Gasteiger partial charge >= 0.3 is 0 Å². The fourth-order valence-corrected chi connectivity index (χ4v) is 16.0. The van der Waals surface area contributed by atoms with E-state index in [4.69, 9.17) is 0 Å². The lowest BCUT2D eigenvalue weighted by Crippen LogP contribution is -2.75. The van der Waals surface area contributed by atoms with Crippen LogP contribution in [0.2, 0.25) is 0 Å². The standard InChI is InChI=1S/C60H41N3Si/c1-5-21-42(22-6-1)62-55-36-18-15-31-49(55)50-32-19-37-57(59(50)62)63-56-40-39-43(61-53-34-16-13-29-47(53)48-30-14-17-35-54(48)61)41-52(56)51-33-20-38-58(60(51)63)64(44-23-7-2-8-24-44,45-25-9-3-10-26-45)46-27-11-4-12-28-46/h1-41H. The van der Waals surface area contributed by atoms with Gasteiger partial charge in [-0.05, 0) is 75.3 Å². The highest BCUT2D eigenvalue weighted by Gasteiger charge is 2.43. The van der Waals surface area contributed by atoms with Crippen molar-refractivity contribution in [2.24, 2.45) is 0 Å². The van der Waals surface area contributed by atoms with Crippen molar-refractivity contribution in [2.75, 3.05) is 0 Å². The monoisotopic (exact) mass is 831 g/mol. The fraction of sp³-hybridized carbons (Fsp3) is 0. The van der Waals surface area contributed by atoms with Crippen molar-refractivity contribution in [3.8, 4) is 17.1 Å². The van der Waals surface area contributed by atoms with Crippen molar-refractivity contribution < 1.29 is 0 Å². The van der Waals surface area contributed by atoms with Gasteiger partial charge in [0.25, 0.3) is 0 Å². The average Bonchev–Trinajstić information content (AvgIpc) is 4.02. The van der Waals surface area contributed by atoms with Crippen molar-refractivity contribution in [3.05, 3.63) is 249 Å². The van der Waals surface area contributed by atoms with Crippen LogP contribution < -0.4 is 20.7 Å². The third kappa shape index (κ3) is 5.21. The summed E-state index contributed by atoms with van der Waals surface area (Å²) in [7, 11) is -3.04. The summed E-state index contributed by atoms with van der Waals surface area (Å²) in [6.07, 6.45) is 0. The number of nitrogens with zero attached hydrogens (tertiary/aromatic N) is 3. The molecule has 0 unspecified atom stereocenters. The van der Waals surface area contributed by atoms with Crippen LogP contribution in [0.25, 0.3) is 82.5 Å². The molecule has 4 heteroatoms. The summed E-state index contributed by atoms with van der Waals surface area (Å²) >= 11 is 0. The molecule has 0 aliphatic carbocycles. The summed E-state index contributed by atoms with van der Waals surface area (Å²) in [5, 5.41) is 12.8. The number of fused-ring (bicyclic) bond motifs is 9. The van der Waals surface area contributed by atoms with Gasteiger partial charge in [-0.2, -0.15) is 0 Å². The van der Waals surface area contributed by atoms with E-state index < -0.39 is 8.07 Å². The van der Waals surface area contributed by atoms with Gasteiger partial charge in [0.05, 0.1) is 38.8 Å². The zero-order chi connectivity index (χ0) is 42.2. The number of benzene rings is 10. The summed E-state index contributed by atoms with van der Waals surface area (Å²) in [6, 6.07) is 92.5. The first-order chi connectivity index (χ1) is 31.8. The van der Waals surface area contributed by atoms with Gasteiger partial charge in [-0.15, -0.1) is 0 Å². The Morgan fingerprint density at radius 1 is 0.250 bits per heavy atom. The molecule has 64 heavy (non-hydrogen) atoms. The highest BCUT2D eigenvalue weighted by molar-refractivity contribution is 7.20. The number of para-hydroxylation sites is 6. The molecule has 0 N–H and O–H groups in total. The van der Waals surface area contributed by atoms with Gasteiger partial charge in [-0.3, -0.25) is 0 Å². The number of hydrogen-bond acceptors (Lipinski definition) is 0. The zero-order valence-corrected chi connectivity index (χ0v) is 36.0. The largest absolute Gasteiger partial charge is 0.309 e. The molecule has 0 aliphatic heterocycles. The van der Waals surface area contributed by atoms with E-state index in [1.54, 1.807) is 0 Å². The van der Waals surface area contributed by atoms with Gasteiger partial charge in [0.1, 0.15) is 0 Å². The molecule has 10 aromatic carbocycles. The van der Waals surface area contributed by atoms with Gasteiger partial charge in [0.15, 0.2) is 8.07 Å². The van der Waals surface area contributed by atoms with Gasteiger partial charge in [0, 0.05) is 43.7 Å². The molecule has 0 atom stereocenters. The number of hydrogen-bond donors (Lipinski definition) is 0. The average molecular weight is 832 g/mol. The highest BCUT2D eigenvalue weighted by Crippen LogP contribution is 2.41. The second kappa shape index (κ2) is 14.5. The maximum atomic E-state index is 2.62. The van der Waals surface area contributed by atoms with Crippen molar-refractivity contribution in [1.29, 1.82) is 0 Å². The molecule has 13 rings (SSSR count). The van der Waals surface area contributed by atoms with E-state index >= 15 is 0 Å². The maximum absolute atomic E-state index is 3.04. The Bertz CT molecular complexity index is 3730. The van der Waals surface area contributed by atoms with E-state index in [9.17, 15) is 0 Å². The lowest BCUT2D eigenvalue weighted by atomic mass is 10.1. The molecule has 0 aliphatic rings. The molecule has 3 nitrogen and oxygen atoms in total. The highest BCUT2D eigenvalue weighted by atomic mass is 28.3. The van der Waals surface area contributed by atoms with Gasteiger partial charge in [0.2, 0.25) is 0 Å². The quantitative estimate of drug-likeness (QED) is 0.112. The van der Waals surface area contributed by atoms with Crippen LogP contribution in [0, 0.1) is 0 Å². The van der Waals surface area contributed by atoms with Crippen molar-refractivity contribution >= 4 is 94.2 Å². The minimum absolute atomic E-state index is 1.14. The van der Waals surface area contributed by atoms with Crippen molar-refractivity contribution in [3.63, 3.8) is 0 Å². The zero-order valence-electron chi connectivity index (χ0n) is 35.0. The second-order valence-corrected chi connectivity index (χ2v) is 20.6. The Balaban J connectivity index is 1.24. The molecule has 0 saturated carbocycles. The smallest absolute Gasteiger partial charge is 0.181 e. The first-order valence-electron chi connectivity index (χ1n) is 22.1. The van der Waals surface area contributed by atoms with Crippen LogP contribution in [0.4, 0.5) is 0 Å². The molecule has 0 radical (unpaired) electrons. The molecule has 0 bridgehead atoms. The first-order valence-corrected chi connectivity index (χ1v) is 24.1. The normalized spacial score (nSPS) is 12.1. The van der Waals surface area contributed by atoms with Crippen LogP contribution in [0.3, 0.4) is 0 Å². The Morgan fingerprint density at radius 2 is 0.672 bits per heavy atom. The summed E-state index contributed by atoms with van der Waals surface area (Å²) < 4.78 is 7.54. The van der Waals surface area contributed by atoms with E-state index in [1.165, 1.54) is 86.2 Å². The van der Waals surface area contributed by atoms with Crippen LogP contribution in [0.15, 0.2) is 249 Å². The predicted molar refractivity (Wildman–Crippen MR) is 273 cm³/mol. The Kier molecular flexibility index (Phi) is 8.23. The number of aromatic nitrogens is 3. The van der Waals surface area contributed by atoms with Crippen LogP contribution in [-0.2, 0) is 0 Å². The molecule has 3 heterocycles. The minimum atomic E-state index is -3.04. The fourth-order valence-electron chi connectivity index (χ4n) is 11.0.